The highest BCUT2D eigenvalue weighted by atomic mass is 32.2. The molecule has 0 bridgehead atoms. The molecule has 0 radical (unpaired) electrons. The molecule has 3 heteroatoms. The van der Waals surface area contributed by atoms with E-state index in [4.69, 9.17) is 0 Å². The average molecular weight is 238 g/mol. The highest BCUT2D eigenvalue weighted by Crippen LogP contribution is 2.25. The predicted octanol–water partition coefficient (Wildman–Crippen LogP) is 3.47. The smallest absolute Gasteiger partial charge is 0.101 e. The Bertz CT molecular complexity index is 302. The van der Waals surface area contributed by atoms with E-state index in [2.05, 4.69) is 37.1 Å². The molecule has 0 amide bonds. The van der Waals surface area contributed by atoms with Gasteiger partial charge in [-0.3, -0.25) is 0 Å². The molecule has 0 aliphatic heterocycles. The van der Waals surface area contributed by atoms with Gasteiger partial charge in [-0.25, -0.2) is 4.98 Å². The van der Waals surface area contributed by atoms with Crippen LogP contribution in [-0.2, 0) is 6.54 Å². The van der Waals surface area contributed by atoms with Crippen molar-refractivity contribution in [3.05, 3.63) is 23.9 Å². The van der Waals surface area contributed by atoms with Gasteiger partial charge in [0.25, 0.3) is 0 Å². The van der Waals surface area contributed by atoms with E-state index in [-0.39, 0.29) is 0 Å². The Morgan fingerprint density at radius 1 is 1.44 bits per heavy atom. The van der Waals surface area contributed by atoms with Gasteiger partial charge >= 0.3 is 0 Å². The number of thioether (sulfide) groups is 1. The van der Waals surface area contributed by atoms with Crippen molar-refractivity contribution in [2.75, 3.05) is 6.54 Å². The summed E-state index contributed by atoms with van der Waals surface area (Å²) in [6.07, 6.45) is 4.24. The maximum absolute atomic E-state index is 4.47. The van der Waals surface area contributed by atoms with Crippen LogP contribution in [0.25, 0.3) is 0 Å². The molecule has 1 atom stereocenters. The van der Waals surface area contributed by atoms with Crippen LogP contribution < -0.4 is 5.32 Å². The first-order chi connectivity index (χ1) is 7.77. The minimum Gasteiger partial charge on any atom is -0.313 e. The molecule has 0 aliphatic rings. The Labute approximate surface area is 103 Å². The molecular formula is C13H22N2S. The molecule has 1 aromatic heterocycles. The highest BCUT2D eigenvalue weighted by Gasteiger charge is 2.07. The SMILES string of the molecule is CCCNCc1cccnc1SC(C)CC. The molecule has 0 aromatic carbocycles. The van der Waals surface area contributed by atoms with Gasteiger partial charge in [0.2, 0.25) is 0 Å². The number of nitrogens with one attached hydrogen (secondary N) is 1. The fraction of sp³-hybridized carbons (Fsp3) is 0.615. The van der Waals surface area contributed by atoms with Crippen molar-refractivity contribution in [2.24, 2.45) is 0 Å². The van der Waals surface area contributed by atoms with E-state index in [1.165, 1.54) is 23.4 Å². The van der Waals surface area contributed by atoms with Gasteiger partial charge in [0.1, 0.15) is 5.03 Å². The van der Waals surface area contributed by atoms with Crippen LogP contribution in [0.2, 0.25) is 0 Å². The third-order valence-corrected chi connectivity index (χ3v) is 3.81. The minimum absolute atomic E-state index is 0.639. The maximum atomic E-state index is 4.47. The Balaban J connectivity index is 2.60. The van der Waals surface area contributed by atoms with Gasteiger partial charge in [0.05, 0.1) is 0 Å². The minimum atomic E-state index is 0.639. The van der Waals surface area contributed by atoms with Crippen molar-refractivity contribution in [3.63, 3.8) is 0 Å². The van der Waals surface area contributed by atoms with Crippen molar-refractivity contribution in [1.82, 2.24) is 10.3 Å². The molecule has 0 fully saturated rings. The summed E-state index contributed by atoms with van der Waals surface area (Å²) in [7, 11) is 0. The number of rotatable bonds is 7. The van der Waals surface area contributed by atoms with Crippen LogP contribution in [0.15, 0.2) is 23.4 Å². The summed E-state index contributed by atoms with van der Waals surface area (Å²) in [6, 6.07) is 4.18. The van der Waals surface area contributed by atoms with Crippen LogP contribution in [0.3, 0.4) is 0 Å². The van der Waals surface area contributed by atoms with E-state index in [1.807, 2.05) is 24.0 Å². The molecule has 0 spiro atoms. The van der Waals surface area contributed by atoms with Crippen LogP contribution in [-0.4, -0.2) is 16.8 Å². The third kappa shape index (κ3) is 4.54. The van der Waals surface area contributed by atoms with E-state index in [0.29, 0.717) is 5.25 Å². The van der Waals surface area contributed by atoms with Crippen molar-refractivity contribution >= 4 is 11.8 Å². The molecule has 2 nitrogen and oxygen atoms in total. The summed E-state index contributed by atoms with van der Waals surface area (Å²) in [5.74, 6) is 0. The van der Waals surface area contributed by atoms with Crippen LogP contribution in [0, 0.1) is 0 Å². The Morgan fingerprint density at radius 3 is 2.94 bits per heavy atom. The maximum Gasteiger partial charge on any atom is 0.101 e. The largest absolute Gasteiger partial charge is 0.313 e. The molecule has 1 N–H and O–H groups in total. The van der Waals surface area contributed by atoms with Gasteiger partial charge in [0, 0.05) is 18.0 Å². The van der Waals surface area contributed by atoms with E-state index in [9.17, 15) is 0 Å². The van der Waals surface area contributed by atoms with Gasteiger partial charge < -0.3 is 5.32 Å². The molecule has 0 aliphatic carbocycles. The summed E-state index contributed by atoms with van der Waals surface area (Å²) >= 11 is 1.88. The summed E-state index contributed by atoms with van der Waals surface area (Å²) in [5, 5.41) is 5.25. The quantitative estimate of drug-likeness (QED) is 0.581. The number of hydrogen-bond acceptors (Lipinski definition) is 3. The Kier molecular flexibility index (Phi) is 6.50. The standard InChI is InChI=1S/C13H22N2S/c1-4-8-14-10-12-7-6-9-15-13(12)16-11(3)5-2/h6-7,9,11,14H,4-5,8,10H2,1-3H3. The molecule has 1 heterocycles. The van der Waals surface area contributed by atoms with Gasteiger partial charge in [0.15, 0.2) is 0 Å². The molecule has 0 saturated heterocycles. The lowest BCUT2D eigenvalue weighted by Crippen LogP contribution is -2.15. The first-order valence-electron chi connectivity index (χ1n) is 6.09. The monoisotopic (exact) mass is 238 g/mol. The van der Waals surface area contributed by atoms with E-state index < -0.39 is 0 Å². The Morgan fingerprint density at radius 2 is 2.25 bits per heavy atom. The van der Waals surface area contributed by atoms with Crippen LogP contribution in [0.1, 0.15) is 39.2 Å². The number of aromatic nitrogens is 1. The summed E-state index contributed by atoms with van der Waals surface area (Å²) < 4.78 is 0. The lowest BCUT2D eigenvalue weighted by molar-refractivity contribution is 0.664. The molecule has 90 valence electrons. The van der Waals surface area contributed by atoms with Gasteiger partial charge in [-0.05, 0) is 31.0 Å². The molecule has 0 saturated carbocycles. The first-order valence-corrected chi connectivity index (χ1v) is 6.97. The second kappa shape index (κ2) is 7.69. The molecule has 1 aromatic rings. The van der Waals surface area contributed by atoms with Crippen molar-refractivity contribution in [1.29, 1.82) is 0 Å². The lowest BCUT2D eigenvalue weighted by atomic mass is 10.3. The zero-order chi connectivity index (χ0) is 11.8. The van der Waals surface area contributed by atoms with E-state index in [0.717, 1.165) is 13.1 Å². The number of nitrogens with zero attached hydrogens (tertiary/aromatic N) is 1. The second-order valence-corrected chi connectivity index (χ2v) is 5.41. The lowest BCUT2D eigenvalue weighted by Gasteiger charge is -2.12. The second-order valence-electron chi connectivity index (χ2n) is 3.98. The Hall–Kier alpha value is -0.540. The average Bonchev–Trinajstić information content (AvgIpc) is 2.31. The van der Waals surface area contributed by atoms with E-state index in [1.54, 1.807) is 0 Å². The fourth-order valence-corrected chi connectivity index (χ4v) is 2.30. The van der Waals surface area contributed by atoms with Gasteiger partial charge in [-0.15, -0.1) is 11.8 Å². The summed E-state index contributed by atoms with van der Waals surface area (Å²) in [4.78, 5) is 4.47. The molecule has 16 heavy (non-hydrogen) atoms. The van der Waals surface area contributed by atoms with Crippen molar-refractivity contribution in [3.8, 4) is 0 Å². The number of pyridine rings is 1. The normalized spacial score (nSPS) is 12.7. The van der Waals surface area contributed by atoms with Crippen LogP contribution >= 0.6 is 11.8 Å². The van der Waals surface area contributed by atoms with Crippen LogP contribution in [0.5, 0.6) is 0 Å². The van der Waals surface area contributed by atoms with Crippen molar-refractivity contribution in [2.45, 2.75) is 50.4 Å². The first kappa shape index (κ1) is 13.5. The van der Waals surface area contributed by atoms with Gasteiger partial charge in [-0.2, -0.15) is 0 Å². The van der Waals surface area contributed by atoms with Crippen molar-refractivity contribution < 1.29 is 0 Å². The summed E-state index contributed by atoms with van der Waals surface area (Å²) in [6.45, 7) is 8.66. The molecule has 1 rings (SSSR count). The zero-order valence-electron chi connectivity index (χ0n) is 10.5. The number of hydrogen-bond donors (Lipinski definition) is 1. The topological polar surface area (TPSA) is 24.9 Å². The zero-order valence-corrected chi connectivity index (χ0v) is 11.3. The predicted molar refractivity (Wildman–Crippen MR) is 71.8 cm³/mol. The highest BCUT2D eigenvalue weighted by molar-refractivity contribution is 7.99. The van der Waals surface area contributed by atoms with E-state index >= 15 is 0 Å². The van der Waals surface area contributed by atoms with Gasteiger partial charge in [-0.1, -0.05) is 26.8 Å². The molecule has 1 unspecified atom stereocenters. The van der Waals surface area contributed by atoms with Crippen LogP contribution in [0.4, 0.5) is 0 Å². The molecular weight excluding hydrogens is 216 g/mol. The summed E-state index contributed by atoms with van der Waals surface area (Å²) in [5.41, 5.74) is 1.32. The fourth-order valence-electron chi connectivity index (χ4n) is 1.34. The third-order valence-electron chi connectivity index (χ3n) is 2.48.